The summed E-state index contributed by atoms with van der Waals surface area (Å²) in [6.07, 6.45) is 0.338. The van der Waals surface area contributed by atoms with Crippen molar-refractivity contribution in [2.75, 3.05) is 37.7 Å². The average molecular weight is 396 g/mol. The van der Waals surface area contributed by atoms with Gasteiger partial charge >= 0.3 is 0 Å². The van der Waals surface area contributed by atoms with E-state index in [2.05, 4.69) is 36.2 Å². The van der Waals surface area contributed by atoms with Gasteiger partial charge in [0, 0.05) is 43.7 Å². The zero-order valence-corrected chi connectivity index (χ0v) is 17.1. The molecule has 0 unspecified atom stereocenters. The van der Waals surface area contributed by atoms with Crippen LogP contribution >= 0.6 is 0 Å². The van der Waals surface area contributed by atoms with Crippen molar-refractivity contribution >= 4 is 17.4 Å². The van der Waals surface area contributed by atoms with Crippen LogP contribution < -0.4 is 19.7 Å². The molecule has 2 aromatic rings. The van der Waals surface area contributed by atoms with E-state index in [0.717, 1.165) is 13.1 Å². The minimum Gasteiger partial charge on any atom is -0.486 e. The van der Waals surface area contributed by atoms with Gasteiger partial charge in [0.05, 0.1) is 0 Å². The topological polar surface area (TPSA) is 67.9 Å². The third-order valence-corrected chi connectivity index (χ3v) is 4.99. The van der Waals surface area contributed by atoms with E-state index < -0.39 is 0 Å². The van der Waals surface area contributed by atoms with Gasteiger partial charge in [-0.2, -0.15) is 0 Å². The Morgan fingerprint density at radius 2 is 1.79 bits per heavy atom. The van der Waals surface area contributed by atoms with E-state index in [1.54, 1.807) is 18.2 Å². The molecule has 0 saturated heterocycles. The van der Waals surface area contributed by atoms with Gasteiger partial charge in [0.15, 0.2) is 17.3 Å². The number of para-hydroxylation sites is 1. The summed E-state index contributed by atoms with van der Waals surface area (Å²) in [7, 11) is 0. The summed E-state index contributed by atoms with van der Waals surface area (Å²) < 4.78 is 11.0. The molecule has 0 spiro atoms. The Morgan fingerprint density at radius 1 is 1.03 bits per heavy atom. The molecule has 2 aromatic carbocycles. The Hall–Kier alpha value is -3.02. The second-order valence-electron chi connectivity index (χ2n) is 7.00. The highest BCUT2D eigenvalue weighted by Crippen LogP contribution is 2.31. The molecular weight excluding hydrogens is 368 g/mol. The first-order valence-electron chi connectivity index (χ1n) is 10.1. The monoisotopic (exact) mass is 396 g/mol. The van der Waals surface area contributed by atoms with Crippen LogP contribution in [-0.2, 0) is 4.79 Å². The minimum atomic E-state index is -0.114. The van der Waals surface area contributed by atoms with Gasteiger partial charge in [-0.25, -0.2) is 0 Å². The lowest BCUT2D eigenvalue weighted by molar-refractivity contribution is -0.121. The van der Waals surface area contributed by atoms with Crippen LogP contribution in [0.4, 0.5) is 5.69 Å². The summed E-state index contributed by atoms with van der Waals surface area (Å²) in [4.78, 5) is 26.8. The fourth-order valence-corrected chi connectivity index (χ4v) is 3.37. The molecule has 0 aliphatic carbocycles. The van der Waals surface area contributed by atoms with Crippen molar-refractivity contribution in [1.29, 1.82) is 0 Å². The number of benzene rings is 2. The van der Waals surface area contributed by atoms with Gasteiger partial charge in [-0.05, 0) is 43.7 Å². The van der Waals surface area contributed by atoms with Crippen LogP contribution in [0.15, 0.2) is 42.5 Å². The van der Waals surface area contributed by atoms with Crippen molar-refractivity contribution in [2.24, 2.45) is 0 Å². The number of nitrogens with zero attached hydrogens (tertiary/aromatic N) is 1. The molecule has 1 amide bonds. The highest BCUT2D eigenvalue weighted by molar-refractivity contribution is 5.98. The molecule has 1 heterocycles. The number of hydrogen-bond acceptors (Lipinski definition) is 5. The maximum absolute atomic E-state index is 12.4. The fourth-order valence-electron chi connectivity index (χ4n) is 3.37. The number of nitrogens with one attached hydrogen (secondary N) is 1. The number of carbonyl (C=O) groups excluding carboxylic acids is 2. The number of carbonyl (C=O) groups is 2. The summed E-state index contributed by atoms with van der Waals surface area (Å²) in [6, 6.07) is 13.4. The largest absolute Gasteiger partial charge is 0.486 e. The minimum absolute atomic E-state index is 0.0766. The molecule has 0 saturated carbocycles. The molecule has 0 bridgehead atoms. The third-order valence-electron chi connectivity index (χ3n) is 4.99. The highest BCUT2D eigenvalue weighted by Gasteiger charge is 2.16. The first-order valence-corrected chi connectivity index (χ1v) is 10.1. The lowest BCUT2D eigenvalue weighted by atomic mass is 10.1. The SMILES string of the molecule is CCN(CCNC(=O)CCC(=O)c1ccc2c(c1)OCCO2)c1ccccc1C. The number of hydrogen-bond donors (Lipinski definition) is 1. The van der Waals surface area contributed by atoms with Crippen molar-refractivity contribution in [3.8, 4) is 11.5 Å². The molecule has 0 fully saturated rings. The highest BCUT2D eigenvalue weighted by atomic mass is 16.6. The van der Waals surface area contributed by atoms with Gasteiger partial charge in [0.25, 0.3) is 0 Å². The van der Waals surface area contributed by atoms with Crippen LogP contribution in [0.3, 0.4) is 0 Å². The molecule has 6 heteroatoms. The molecule has 0 radical (unpaired) electrons. The van der Waals surface area contributed by atoms with Gasteiger partial charge in [0.1, 0.15) is 13.2 Å². The summed E-state index contributed by atoms with van der Waals surface area (Å²) in [6.45, 7) is 7.30. The summed E-state index contributed by atoms with van der Waals surface area (Å²) in [5.41, 5.74) is 2.93. The zero-order chi connectivity index (χ0) is 20.6. The van der Waals surface area contributed by atoms with Crippen LogP contribution in [0, 0.1) is 6.92 Å². The average Bonchev–Trinajstić information content (AvgIpc) is 2.75. The number of anilines is 1. The molecular formula is C23H28N2O4. The third kappa shape index (κ3) is 5.50. The summed E-state index contributed by atoms with van der Waals surface area (Å²) >= 11 is 0. The number of Topliss-reactive ketones (excluding diaryl/α,β-unsaturated/α-hetero) is 1. The molecule has 0 atom stereocenters. The standard InChI is InChI=1S/C23H28N2O4/c1-3-25(19-7-5-4-6-17(19)2)13-12-24-23(27)11-9-20(26)18-8-10-21-22(16-18)29-15-14-28-21/h4-8,10,16H,3,9,11-15H2,1-2H3,(H,24,27). The smallest absolute Gasteiger partial charge is 0.220 e. The molecule has 3 rings (SSSR count). The molecule has 0 aromatic heterocycles. The van der Waals surface area contributed by atoms with E-state index in [9.17, 15) is 9.59 Å². The van der Waals surface area contributed by atoms with Crippen LogP contribution in [0.2, 0.25) is 0 Å². The Labute approximate surface area is 171 Å². The quantitative estimate of drug-likeness (QED) is 0.658. The molecule has 154 valence electrons. The van der Waals surface area contributed by atoms with E-state index in [1.165, 1.54) is 11.3 Å². The Kier molecular flexibility index (Phi) is 7.11. The maximum Gasteiger partial charge on any atom is 0.220 e. The van der Waals surface area contributed by atoms with Crippen molar-refractivity contribution in [3.63, 3.8) is 0 Å². The van der Waals surface area contributed by atoms with Gasteiger partial charge < -0.3 is 19.7 Å². The van der Waals surface area contributed by atoms with Crippen molar-refractivity contribution in [1.82, 2.24) is 5.32 Å². The van der Waals surface area contributed by atoms with Crippen LogP contribution in [0.1, 0.15) is 35.7 Å². The van der Waals surface area contributed by atoms with Gasteiger partial charge in [-0.15, -0.1) is 0 Å². The van der Waals surface area contributed by atoms with E-state index in [4.69, 9.17) is 9.47 Å². The van der Waals surface area contributed by atoms with E-state index in [-0.39, 0.29) is 24.5 Å². The number of likely N-dealkylation sites (N-methyl/N-ethyl adjacent to an activating group) is 1. The second-order valence-corrected chi connectivity index (χ2v) is 7.00. The molecule has 29 heavy (non-hydrogen) atoms. The first-order chi connectivity index (χ1) is 14.1. The first kappa shape index (κ1) is 20.7. The lowest BCUT2D eigenvalue weighted by Gasteiger charge is -2.25. The molecule has 1 aliphatic heterocycles. The van der Waals surface area contributed by atoms with Crippen LogP contribution in [-0.4, -0.2) is 44.5 Å². The predicted molar refractivity (Wildman–Crippen MR) is 113 cm³/mol. The summed E-state index contributed by atoms with van der Waals surface area (Å²) in [5.74, 6) is 1.05. The van der Waals surface area contributed by atoms with Gasteiger partial charge in [-0.1, -0.05) is 18.2 Å². The summed E-state index contributed by atoms with van der Waals surface area (Å²) in [5, 5.41) is 2.92. The van der Waals surface area contributed by atoms with Gasteiger partial charge in [-0.3, -0.25) is 9.59 Å². The van der Waals surface area contributed by atoms with Crippen LogP contribution in [0.5, 0.6) is 11.5 Å². The predicted octanol–water partition coefficient (Wildman–Crippen LogP) is 3.37. The Balaban J connectivity index is 1.44. The number of fused-ring (bicyclic) bond motifs is 1. The van der Waals surface area contributed by atoms with E-state index in [1.807, 2.05) is 12.1 Å². The Bertz CT molecular complexity index is 866. The maximum atomic E-state index is 12.4. The molecule has 1 aliphatic rings. The lowest BCUT2D eigenvalue weighted by Crippen LogP contribution is -2.35. The fraction of sp³-hybridized carbons (Fsp3) is 0.391. The van der Waals surface area contributed by atoms with E-state index in [0.29, 0.717) is 36.8 Å². The number of ketones is 1. The van der Waals surface area contributed by atoms with Crippen molar-refractivity contribution < 1.29 is 19.1 Å². The Morgan fingerprint density at radius 3 is 2.55 bits per heavy atom. The van der Waals surface area contributed by atoms with Crippen LogP contribution in [0.25, 0.3) is 0 Å². The van der Waals surface area contributed by atoms with E-state index >= 15 is 0 Å². The number of amides is 1. The molecule has 1 N–H and O–H groups in total. The number of aryl methyl sites for hydroxylation is 1. The second kappa shape index (κ2) is 9.96. The van der Waals surface area contributed by atoms with Gasteiger partial charge in [0.2, 0.25) is 5.91 Å². The zero-order valence-electron chi connectivity index (χ0n) is 17.1. The van der Waals surface area contributed by atoms with Crippen molar-refractivity contribution in [3.05, 3.63) is 53.6 Å². The van der Waals surface area contributed by atoms with Crippen molar-refractivity contribution in [2.45, 2.75) is 26.7 Å². The number of ether oxygens (including phenoxy) is 2. The normalized spacial score (nSPS) is 12.3. The molecule has 6 nitrogen and oxygen atoms in total. The number of rotatable bonds is 9.